The van der Waals surface area contributed by atoms with E-state index in [0.29, 0.717) is 42.5 Å². The lowest BCUT2D eigenvalue weighted by atomic mass is 9.97. The minimum atomic E-state index is -3.21. The van der Waals surface area contributed by atoms with E-state index in [0.717, 1.165) is 4.68 Å². The van der Waals surface area contributed by atoms with Crippen LogP contribution in [-0.4, -0.2) is 52.3 Å². The average molecular weight is 428 g/mol. The van der Waals surface area contributed by atoms with E-state index < -0.39 is 10.0 Å². The van der Waals surface area contributed by atoms with Crippen molar-refractivity contribution in [3.8, 4) is 0 Å². The molecular weight excluding hydrogens is 406 g/mol. The number of hydrogen-bond acceptors (Lipinski definition) is 5. The fraction of sp³-hybridized carbons (Fsp3) is 0.471. The molecule has 0 atom stereocenters. The summed E-state index contributed by atoms with van der Waals surface area (Å²) < 4.78 is 27.3. The van der Waals surface area contributed by atoms with Gasteiger partial charge in [0.15, 0.2) is 0 Å². The molecule has 3 rings (SSSR count). The molecule has 1 aliphatic heterocycles. The number of anilines is 1. The van der Waals surface area contributed by atoms with Crippen LogP contribution in [-0.2, 0) is 28.4 Å². The first kappa shape index (κ1) is 20.6. The number of nitrogens with one attached hydrogen (secondary N) is 1. The van der Waals surface area contributed by atoms with Crippen molar-refractivity contribution >= 4 is 33.2 Å². The van der Waals surface area contributed by atoms with Gasteiger partial charge in [0, 0.05) is 36.8 Å². The van der Waals surface area contributed by atoms with Gasteiger partial charge < -0.3 is 5.32 Å². The standard InChI is InChI=1S/C17H22ClN5O4S/c1-21-16(12-7-9-22(10-8-12)28(2,26)27)20-23(17(21)25)11-15(24)19-14-5-3-13(18)4-6-14/h3-6,12H,7-11H2,1-2H3,(H,19,24). The van der Waals surface area contributed by atoms with Crippen LogP contribution in [0.4, 0.5) is 5.69 Å². The van der Waals surface area contributed by atoms with Gasteiger partial charge in [-0.3, -0.25) is 9.36 Å². The summed E-state index contributed by atoms with van der Waals surface area (Å²) in [7, 11) is -1.60. The molecule has 1 aromatic carbocycles. The summed E-state index contributed by atoms with van der Waals surface area (Å²) in [6.45, 7) is 0.570. The first-order valence-electron chi connectivity index (χ1n) is 8.79. The van der Waals surface area contributed by atoms with E-state index in [1.807, 2.05) is 0 Å². The largest absolute Gasteiger partial charge is 0.346 e. The zero-order valence-electron chi connectivity index (χ0n) is 15.6. The Morgan fingerprint density at radius 3 is 2.43 bits per heavy atom. The molecule has 9 nitrogen and oxygen atoms in total. The van der Waals surface area contributed by atoms with Crippen LogP contribution in [0, 0.1) is 0 Å². The number of piperidine rings is 1. The summed E-state index contributed by atoms with van der Waals surface area (Å²) in [5.41, 5.74) is 0.193. The van der Waals surface area contributed by atoms with Gasteiger partial charge in [-0.25, -0.2) is 22.2 Å². The molecule has 152 valence electrons. The second kappa shape index (κ2) is 8.06. The Labute approximate surface area is 168 Å². The number of amides is 1. The number of halogens is 1. The molecule has 2 aromatic rings. The van der Waals surface area contributed by atoms with Crippen LogP contribution in [0.15, 0.2) is 29.1 Å². The molecule has 11 heteroatoms. The van der Waals surface area contributed by atoms with E-state index in [1.165, 1.54) is 15.1 Å². The number of aromatic nitrogens is 3. The Morgan fingerprint density at radius 2 is 1.86 bits per heavy atom. The van der Waals surface area contributed by atoms with Crippen LogP contribution in [0.1, 0.15) is 24.6 Å². The Balaban J connectivity index is 1.68. The van der Waals surface area contributed by atoms with Crippen molar-refractivity contribution < 1.29 is 13.2 Å². The minimum Gasteiger partial charge on any atom is -0.324 e. The van der Waals surface area contributed by atoms with Gasteiger partial charge in [0.05, 0.1) is 6.26 Å². The van der Waals surface area contributed by atoms with Crippen LogP contribution in [0.5, 0.6) is 0 Å². The molecule has 1 N–H and O–H groups in total. The van der Waals surface area contributed by atoms with Gasteiger partial charge >= 0.3 is 5.69 Å². The third-order valence-corrected chi connectivity index (χ3v) is 6.34. The van der Waals surface area contributed by atoms with Crippen LogP contribution >= 0.6 is 11.6 Å². The molecule has 0 bridgehead atoms. The highest BCUT2D eigenvalue weighted by Gasteiger charge is 2.29. The third kappa shape index (κ3) is 4.62. The number of carbonyl (C=O) groups excluding carboxylic acids is 1. The lowest BCUT2D eigenvalue weighted by Gasteiger charge is -2.29. The molecule has 1 saturated heterocycles. The summed E-state index contributed by atoms with van der Waals surface area (Å²) >= 11 is 5.82. The normalized spacial score (nSPS) is 16.2. The second-order valence-electron chi connectivity index (χ2n) is 6.85. The smallest absolute Gasteiger partial charge is 0.324 e. The maximum absolute atomic E-state index is 12.4. The molecule has 0 unspecified atom stereocenters. The zero-order valence-corrected chi connectivity index (χ0v) is 17.2. The van der Waals surface area contributed by atoms with Crippen molar-refractivity contribution in [1.29, 1.82) is 0 Å². The lowest BCUT2D eigenvalue weighted by Crippen LogP contribution is -2.37. The van der Waals surface area contributed by atoms with Gasteiger partial charge in [0.2, 0.25) is 15.9 Å². The Hall–Kier alpha value is -2.17. The van der Waals surface area contributed by atoms with Crippen LogP contribution < -0.4 is 11.0 Å². The van der Waals surface area contributed by atoms with Gasteiger partial charge in [0.1, 0.15) is 12.4 Å². The fourth-order valence-electron chi connectivity index (χ4n) is 3.28. The SMILES string of the molecule is Cn1c(C2CCN(S(C)(=O)=O)CC2)nn(CC(=O)Nc2ccc(Cl)cc2)c1=O. The second-order valence-corrected chi connectivity index (χ2v) is 9.27. The molecule has 0 saturated carbocycles. The summed E-state index contributed by atoms with van der Waals surface area (Å²) in [6.07, 6.45) is 2.35. The summed E-state index contributed by atoms with van der Waals surface area (Å²) in [6, 6.07) is 6.65. The van der Waals surface area contributed by atoms with E-state index >= 15 is 0 Å². The molecule has 1 fully saturated rings. The first-order chi connectivity index (χ1) is 13.1. The lowest BCUT2D eigenvalue weighted by molar-refractivity contribution is -0.117. The van der Waals surface area contributed by atoms with Crippen molar-refractivity contribution in [1.82, 2.24) is 18.7 Å². The minimum absolute atomic E-state index is 0.0312. The van der Waals surface area contributed by atoms with E-state index in [-0.39, 0.29) is 24.1 Å². The number of rotatable bonds is 5. The Bertz CT molecular complexity index is 1020. The van der Waals surface area contributed by atoms with Crippen molar-refractivity contribution in [3.05, 3.63) is 45.6 Å². The van der Waals surface area contributed by atoms with Crippen molar-refractivity contribution in [2.45, 2.75) is 25.3 Å². The number of sulfonamides is 1. The molecule has 2 heterocycles. The maximum Gasteiger partial charge on any atom is 0.346 e. The number of benzene rings is 1. The van der Waals surface area contributed by atoms with Crippen LogP contribution in [0.25, 0.3) is 0 Å². The third-order valence-electron chi connectivity index (χ3n) is 4.78. The molecule has 28 heavy (non-hydrogen) atoms. The predicted octanol–water partition coefficient (Wildman–Crippen LogP) is 1.01. The number of carbonyl (C=O) groups is 1. The van der Waals surface area contributed by atoms with E-state index in [1.54, 1.807) is 31.3 Å². The molecule has 0 aliphatic carbocycles. The van der Waals surface area contributed by atoms with Gasteiger partial charge in [0.25, 0.3) is 0 Å². The Kier molecular flexibility index (Phi) is 5.92. The van der Waals surface area contributed by atoms with Crippen LogP contribution in [0.3, 0.4) is 0 Å². The number of hydrogen-bond donors (Lipinski definition) is 1. The summed E-state index contributed by atoms with van der Waals surface area (Å²) in [5, 5.41) is 7.59. The van der Waals surface area contributed by atoms with E-state index in [9.17, 15) is 18.0 Å². The molecule has 0 spiro atoms. The predicted molar refractivity (Wildman–Crippen MR) is 106 cm³/mol. The van der Waals surface area contributed by atoms with E-state index in [4.69, 9.17) is 11.6 Å². The van der Waals surface area contributed by atoms with Crippen molar-refractivity contribution in [2.24, 2.45) is 7.05 Å². The molecule has 0 radical (unpaired) electrons. The monoisotopic (exact) mass is 427 g/mol. The van der Waals surface area contributed by atoms with Gasteiger partial charge in [-0.05, 0) is 37.1 Å². The highest BCUT2D eigenvalue weighted by atomic mass is 35.5. The summed E-state index contributed by atoms with van der Waals surface area (Å²) in [4.78, 5) is 24.7. The zero-order chi connectivity index (χ0) is 20.5. The topological polar surface area (TPSA) is 106 Å². The van der Waals surface area contributed by atoms with E-state index in [2.05, 4.69) is 10.4 Å². The Morgan fingerprint density at radius 1 is 1.25 bits per heavy atom. The quantitative estimate of drug-likeness (QED) is 0.766. The average Bonchev–Trinajstić information content (AvgIpc) is 2.91. The molecule has 1 amide bonds. The van der Waals surface area contributed by atoms with Gasteiger partial charge in [-0.15, -0.1) is 0 Å². The highest BCUT2D eigenvalue weighted by Crippen LogP contribution is 2.26. The maximum atomic E-state index is 12.4. The molecular formula is C17H22ClN5O4S. The summed E-state index contributed by atoms with van der Waals surface area (Å²) in [5.74, 6) is 0.162. The highest BCUT2D eigenvalue weighted by molar-refractivity contribution is 7.88. The first-order valence-corrected chi connectivity index (χ1v) is 11.0. The molecule has 1 aromatic heterocycles. The fourth-order valence-corrected chi connectivity index (χ4v) is 4.28. The number of nitrogens with zero attached hydrogens (tertiary/aromatic N) is 4. The van der Waals surface area contributed by atoms with Gasteiger partial charge in [-0.1, -0.05) is 11.6 Å². The van der Waals surface area contributed by atoms with Crippen LogP contribution in [0.2, 0.25) is 5.02 Å². The van der Waals surface area contributed by atoms with Crippen molar-refractivity contribution in [3.63, 3.8) is 0 Å². The molecule has 1 aliphatic rings. The van der Waals surface area contributed by atoms with Crippen molar-refractivity contribution in [2.75, 3.05) is 24.7 Å². The van der Waals surface area contributed by atoms with Gasteiger partial charge in [-0.2, -0.15) is 5.10 Å².